The van der Waals surface area contributed by atoms with Gasteiger partial charge < -0.3 is 9.47 Å². The lowest BCUT2D eigenvalue weighted by molar-refractivity contribution is -0.0498. The van der Waals surface area contributed by atoms with Crippen LogP contribution in [-0.2, 0) is 4.74 Å². The zero-order valence-corrected chi connectivity index (χ0v) is 8.35. The van der Waals surface area contributed by atoms with Gasteiger partial charge in [-0.1, -0.05) is 0 Å². The van der Waals surface area contributed by atoms with Crippen LogP contribution in [0.3, 0.4) is 0 Å². The second-order valence-corrected chi connectivity index (χ2v) is 2.72. The smallest absolute Gasteiger partial charge is 0.429 e. The van der Waals surface area contributed by atoms with E-state index in [0.717, 1.165) is 12.1 Å². The standard InChI is InChI=1S/C9H8F2N2O4/c10-8(11)16-6-3-1-5(2-4-6)7(14)17-9(15)13-12/h1-4,8H,12H2,(H,13,15). The molecule has 17 heavy (non-hydrogen) atoms. The van der Waals surface area contributed by atoms with Crippen LogP contribution < -0.4 is 16.0 Å². The van der Waals surface area contributed by atoms with E-state index in [2.05, 4.69) is 9.47 Å². The minimum atomic E-state index is -2.95. The van der Waals surface area contributed by atoms with Crippen LogP contribution in [0.2, 0.25) is 0 Å². The van der Waals surface area contributed by atoms with Gasteiger partial charge in [-0.15, -0.1) is 0 Å². The van der Waals surface area contributed by atoms with E-state index >= 15 is 0 Å². The van der Waals surface area contributed by atoms with Crippen LogP contribution in [0.25, 0.3) is 0 Å². The molecule has 1 rings (SSSR count). The third kappa shape index (κ3) is 4.03. The van der Waals surface area contributed by atoms with Crippen molar-refractivity contribution in [3.8, 4) is 5.75 Å². The van der Waals surface area contributed by atoms with E-state index in [-0.39, 0.29) is 11.3 Å². The Kier molecular flexibility index (Phi) is 4.35. The highest BCUT2D eigenvalue weighted by molar-refractivity contribution is 5.96. The summed E-state index contributed by atoms with van der Waals surface area (Å²) in [5.41, 5.74) is 1.59. The number of carbonyl (C=O) groups is 2. The topological polar surface area (TPSA) is 90.6 Å². The number of halogens is 2. The minimum Gasteiger partial charge on any atom is -0.435 e. The molecule has 1 aromatic carbocycles. The van der Waals surface area contributed by atoms with Gasteiger partial charge in [-0.25, -0.2) is 15.4 Å². The van der Waals surface area contributed by atoms with E-state index in [4.69, 9.17) is 5.84 Å². The molecule has 0 unspecified atom stereocenters. The fourth-order valence-corrected chi connectivity index (χ4v) is 0.945. The van der Waals surface area contributed by atoms with Crippen molar-refractivity contribution >= 4 is 12.1 Å². The molecule has 0 aromatic heterocycles. The maximum Gasteiger partial charge on any atom is 0.429 e. The molecule has 8 heteroatoms. The van der Waals surface area contributed by atoms with Gasteiger partial charge in [0.15, 0.2) is 0 Å². The fourth-order valence-electron chi connectivity index (χ4n) is 0.945. The number of hydrogen-bond donors (Lipinski definition) is 2. The molecule has 0 aliphatic rings. The Balaban J connectivity index is 2.67. The van der Waals surface area contributed by atoms with Gasteiger partial charge in [-0.3, -0.25) is 5.43 Å². The molecular weight excluding hydrogens is 238 g/mol. The quantitative estimate of drug-likeness (QED) is 0.273. The van der Waals surface area contributed by atoms with Crippen LogP contribution in [0.1, 0.15) is 10.4 Å². The lowest BCUT2D eigenvalue weighted by Gasteiger charge is -2.05. The second kappa shape index (κ2) is 5.75. The van der Waals surface area contributed by atoms with Crippen molar-refractivity contribution in [2.45, 2.75) is 6.61 Å². The number of nitrogens with one attached hydrogen (secondary N) is 1. The SMILES string of the molecule is NNC(=O)OC(=O)c1ccc(OC(F)F)cc1. The molecule has 0 aliphatic carbocycles. The molecule has 1 amide bonds. The molecule has 92 valence electrons. The van der Waals surface area contributed by atoms with Crippen LogP contribution in [0.5, 0.6) is 5.75 Å². The highest BCUT2D eigenvalue weighted by Crippen LogP contribution is 2.15. The van der Waals surface area contributed by atoms with Gasteiger partial charge in [0.25, 0.3) is 0 Å². The van der Waals surface area contributed by atoms with Crippen LogP contribution in [-0.4, -0.2) is 18.7 Å². The zero-order valence-electron chi connectivity index (χ0n) is 8.35. The Morgan fingerprint density at radius 1 is 1.24 bits per heavy atom. The Labute approximate surface area is 94.3 Å². The van der Waals surface area contributed by atoms with E-state index in [9.17, 15) is 18.4 Å². The van der Waals surface area contributed by atoms with Crippen molar-refractivity contribution < 1.29 is 27.8 Å². The first-order valence-corrected chi connectivity index (χ1v) is 4.30. The highest BCUT2D eigenvalue weighted by atomic mass is 19.3. The predicted octanol–water partition coefficient (Wildman–Crippen LogP) is 1.03. The normalized spacial score (nSPS) is 9.88. The average Bonchev–Trinajstić information content (AvgIpc) is 2.28. The molecule has 6 nitrogen and oxygen atoms in total. The van der Waals surface area contributed by atoms with Crippen molar-refractivity contribution in [1.82, 2.24) is 5.43 Å². The van der Waals surface area contributed by atoms with Gasteiger partial charge in [0.05, 0.1) is 5.56 Å². The molecule has 0 spiro atoms. The molecule has 0 saturated carbocycles. The molecule has 0 radical (unpaired) electrons. The third-order valence-corrected chi connectivity index (χ3v) is 1.62. The van der Waals surface area contributed by atoms with Gasteiger partial charge in [0.1, 0.15) is 5.75 Å². The van der Waals surface area contributed by atoms with Gasteiger partial charge in [-0.2, -0.15) is 8.78 Å². The summed E-state index contributed by atoms with van der Waals surface area (Å²) < 4.78 is 31.9. The maximum absolute atomic E-state index is 11.8. The van der Waals surface area contributed by atoms with Crippen LogP contribution in [0, 0.1) is 0 Å². The summed E-state index contributed by atoms with van der Waals surface area (Å²) in [4.78, 5) is 21.8. The summed E-state index contributed by atoms with van der Waals surface area (Å²) in [6, 6.07) is 4.62. The number of carbonyl (C=O) groups excluding carboxylic acids is 2. The van der Waals surface area contributed by atoms with Gasteiger partial charge in [0.2, 0.25) is 0 Å². The van der Waals surface area contributed by atoms with Gasteiger partial charge in [0, 0.05) is 0 Å². The lowest BCUT2D eigenvalue weighted by atomic mass is 10.2. The zero-order chi connectivity index (χ0) is 12.8. The number of hydrogen-bond acceptors (Lipinski definition) is 5. The molecule has 0 saturated heterocycles. The number of rotatable bonds is 3. The number of alkyl halides is 2. The Morgan fingerprint density at radius 2 is 1.82 bits per heavy atom. The Bertz CT molecular complexity index is 408. The van der Waals surface area contributed by atoms with E-state index < -0.39 is 18.7 Å². The summed E-state index contributed by atoms with van der Waals surface area (Å²) in [5.74, 6) is 3.62. The van der Waals surface area contributed by atoms with Crippen molar-refractivity contribution in [1.29, 1.82) is 0 Å². The van der Waals surface area contributed by atoms with Crippen LogP contribution in [0.4, 0.5) is 13.6 Å². The van der Waals surface area contributed by atoms with Crippen LogP contribution in [0.15, 0.2) is 24.3 Å². The average molecular weight is 246 g/mol. The van der Waals surface area contributed by atoms with Gasteiger partial charge in [-0.05, 0) is 24.3 Å². The Hall–Kier alpha value is -2.22. The number of ether oxygens (including phenoxy) is 2. The largest absolute Gasteiger partial charge is 0.435 e. The molecule has 3 N–H and O–H groups in total. The fraction of sp³-hybridized carbons (Fsp3) is 0.111. The summed E-state index contributed by atoms with van der Waals surface area (Å²) in [7, 11) is 0. The monoisotopic (exact) mass is 246 g/mol. The lowest BCUT2D eigenvalue weighted by Crippen LogP contribution is -2.32. The first-order chi connectivity index (χ1) is 8.02. The molecule has 0 heterocycles. The number of nitrogens with two attached hydrogens (primary N) is 1. The van der Waals surface area contributed by atoms with E-state index in [1.165, 1.54) is 12.1 Å². The molecular formula is C9H8F2N2O4. The first kappa shape index (κ1) is 12.8. The first-order valence-electron chi connectivity index (χ1n) is 4.30. The number of hydrazine groups is 1. The summed E-state index contributed by atoms with van der Waals surface area (Å²) >= 11 is 0. The minimum absolute atomic E-state index is 0.00443. The van der Waals surface area contributed by atoms with E-state index in [1.807, 2.05) is 0 Å². The summed E-state index contributed by atoms with van der Waals surface area (Å²) in [5, 5.41) is 0. The number of benzene rings is 1. The molecule has 0 aliphatic heterocycles. The molecule has 1 aromatic rings. The van der Waals surface area contributed by atoms with Crippen molar-refractivity contribution in [3.05, 3.63) is 29.8 Å². The van der Waals surface area contributed by atoms with Gasteiger partial charge >= 0.3 is 18.7 Å². The Morgan fingerprint density at radius 3 is 2.29 bits per heavy atom. The van der Waals surface area contributed by atoms with Crippen LogP contribution >= 0.6 is 0 Å². The van der Waals surface area contributed by atoms with Crippen molar-refractivity contribution in [2.75, 3.05) is 0 Å². The van der Waals surface area contributed by atoms with Crippen molar-refractivity contribution in [2.24, 2.45) is 5.84 Å². The third-order valence-electron chi connectivity index (χ3n) is 1.62. The molecule has 0 fully saturated rings. The number of amides is 1. The van der Waals surface area contributed by atoms with E-state index in [1.54, 1.807) is 5.43 Å². The predicted molar refractivity (Wildman–Crippen MR) is 51.2 cm³/mol. The summed E-state index contributed by atoms with van der Waals surface area (Å²) in [6.07, 6.45) is -1.12. The van der Waals surface area contributed by atoms with E-state index in [0.29, 0.717) is 0 Å². The highest BCUT2D eigenvalue weighted by Gasteiger charge is 2.12. The van der Waals surface area contributed by atoms with Crippen molar-refractivity contribution in [3.63, 3.8) is 0 Å². The molecule has 0 bridgehead atoms. The maximum atomic E-state index is 11.8. The molecule has 0 atom stereocenters. The summed E-state index contributed by atoms with van der Waals surface area (Å²) in [6.45, 7) is -2.95. The number of esters is 1. The second-order valence-electron chi connectivity index (χ2n) is 2.72.